The summed E-state index contributed by atoms with van der Waals surface area (Å²) in [5.74, 6) is -0.287. The Balaban J connectivity index is 1.89. The number of rotatable bonds is 6. The van der Waals surface area contributed by atoms with Gasteiger partial charge in [0, 0.05) is 17.6 Å². The van der Waals surface area contributed by atoms with Gasteiger partial charge in [-0.25, -0.2) is 4.39 Å². The van der Waals surface area contributed by atoms with E-state index in [0.29, 0.717) is 0 Å². The average Bonchev–Trinajstić information content (AvgIpc) is 2.66. The number of aliphatic hydroxyl groups is 2. The average molecular weight is 371 g/mol. The maximum Gasteiger partial charge on any atom is 0.248 e. The molecule has 0 amide bonds. The van der Waals surface area contributed by atoms with Crippen molar-refractivity contribution in [3.05, 3.63) is 75.8 Å². The van der Waals surface area contributed by atoms with Crippen molar-refractivity contribution in [2.75, 3.05) is 6.61 Å². The van der Waals surface area contributed by atoms with Crippen molar-refractivity contribution < 1.29 is 19.3 Å². The molecule has 0 radical (unpaired) electrons. The molecule has 0 aliphatic rings. The number of H-pyrrole nitrogens is 1. The first-order valence-electron chi connectivity index (χ1n) is 8.78. The summed E-state index contributed by atoms with van der Waals surface area (Å²) in [7, 11) is 0. The van der Waals surface area contributed by atoms with Gasteiger partial charge < -0.3 is 19.9 Å². The van der Waals surface area contributed by atoms with E-state index in [-0.39, 0.29) is 29.4 Å². The van der Waals surface area contributed by atoms with Gasteiger partial charge in [-0.15, -0.1) is 0 Å². The summed E-state index contributed by atoms with van der Waals surface area (Å²) in [6, 6.07) is 12.7. The van der Waals surface area contributed by atoms with E-state index in [2.05, 4.69) is 4.98 Å². The SMILES string of the molecule is CCC(O)(CO)c1cc(F)cc(OC(C)c2ccc3[nH]c(=O)ccc3c2)c1. The standard InChI is InChI=1S/C21H22FNO4/c1-3-21(26,12-24)16-9-17(22)11-18(10-16)27-13(2)14-4-6-19-15(8-14)5-7-20(25)23-19/h4-11,13,24,26H,3,12H2,1-2H3,(H,23,25). The Morgan fingerprint density at radius 2 is 1.96 bits per heavy atom. The first-order chi connectivity index (χ1) is 12.8. The fourth-order valence-electron chi connectivity index (χ4n) is 3.00. The molecule has 0 bridgehead atoms. The Kier molecular flexibility index (Phi) is 5.30. The molecule has 27 heavy (non-hydrogen) atoms. The number of benzene rings is 2. The summed E-state index contributed by atoms with van der Waals surface area (Å²) in [5.41, 5.74) is 0.166. The molecular formula is C21H22FNO4. The number of nitrogens with one attached hydrogen (secondary N) is 1. The van der Waals surface area contributed by atoms with Gasteiger partial charge in [0.25, 0.3) is 0 Å². The van der Waals surface area contributed by atoms with Crippen LogP contribution in [0.15, 0.2) is 53.3 Å². The van der Waals surface area contributed by atoms with Crippen LogP contribution in [0.1, 0.15) is 37.5 Å². The van der Waals surface area contributed by atoms with E-state index in [1.54, 1.807) is 19.1 Å². The molecule has 0 aliphatic carbocycles. The highest BCUT2D eigenvalue weighted by atomic mass is 19.1. The smallest absolute Gasteiger partial charge is 0.248 e. The zero-order valence-corrected chi connectivity index (χ0v) is 15.2. The first-order valence-corrected chi connectivity index (χ1v) is 8.78. The molecule has 3 rings (SSSR count). The van der Waals surface area contributed by atoms with Gasteiger partial charge in [0.2, 0.25) is 5.56 Å². The Morgan fingerprint density at radius 3 is 2.67 bits per heavy atom. The normalized spacial score (nSPS) is 14.7. The van der Waals surface area contributed by atoms with Crippen molar-refractivity contribution in [1.82, 2.24) is 4.98 Å². The second-order valence-corrected chi connectivity index (χ2v) is 6.65. The third-order valence-electron chi connectivity index (χ3n) is 4.79. The first kappa shape index (κ1) is 19.1. The number of aromatic nitrogens is 1. The van der Waals surface area contributed by atoms with Gasteiger partial charge in [-0.05, 0) is 60.2 Å². The fourth-order valence-corrected chi connectivity index (χ4v) is 3.00. The lowest BCUT2D eigenvalue weighted by Gasteiger charge is -2.26. The minimum absolute atomic E-state index is 0.167. The predicted molar refractivity (Wildman–Crippen MR) is 101 cm³/mol. The second kappa shape index (κ2) is 7.50. The Hall–Kier alpha value is -2.70. The fraction of sp³-hybridized carbons (Fsp3) is 0.286. The van der Waals surface area contributed by atoms with Crippen LogP contribution in [0, 0.1) is 5.82 Å². The van der Waals surface area contributed by atoms with E-state index < -0.39 is 18.0 Å². The number of hydrogen-bond acceptors (Lipinski definition) is 4. The number of aromatic amines is 1. The van der Waals surface area contributed by atoms with Crippen LogP contribution in [0.3, 0.4) is 0 Å². The van der Waals surface area contributed by atoms with E-state index in [1.165, 1.54) is 24.3 Å². The van der Waals surface area contributed by atoms with Gasteiger partial charge in [-0.3, -0.25) is 4.79 Å². The minimum atomic E-state index is -1.52. The molecule has 3 aromatic rings. The number of fused-ring (bicyclic) bond motifs is 1. The van der Waals surface area contributed by atoms with Crippen molar-refractivity contribution in [3.8, 4) is 5.75 Å². The van der Waals surface area contributed by atoms with Crippen molar-refractivity contribution in [2.45, 2.75) is 32.0 Å². The van der Waals surface area contributed by atoms with Crippen molar-refractivity contribution >= 4 is 10.9 Å². The van der Waals surface area contributed by atoms with Crippen LogP contribution in [0.2, 0.25) is 0 Å². The lowest BCUT2D eigenvalue weighted by atomic mass is 9.92. The largest absolute Gasteiger partial charge is 0.486 e. The molecule has 1 heterocycles. The van der Waals surface area contributed by atoms with Crippen molar-refractivity contribution in [3.63, 3.8) is 0 Å². The zero-order chi connectivity index (χ0) is 19.6. The van der Waals surface area contributed by atoms with Crippen LogP contribution in [0.4, 0.5) is 4.39 Å². The highest BCUT2D eigenvalue weighted by Crippen LogP contribution is 2.31. The molecule has 0 saturated heterocycles. The summed E-state index contributed by atoms with van der Waals surface area (Å²) >= 11 is 0. The number of halogens is 1. The molecule has 0 spiro atoms. The Morgan fingerprint density at radius 1 is 1.19 bits per heavy atom. The Labute approximate surface area is 156 Å². The molecule has 0 saturated carbocycles. The van der Waals surface area contributed by atoms with E-state index in [4.69, 9.17) is 4.74 Å². The minimum Gasteiger partial charge on any atom is -0.486 e. The van der Waals surface area contributed by atoms with Gasteiger partial charge >= 0.3 is 0 Å². The molecule has 142 valence electrons. The molecule has 1 aromatic heterocycles. The van der Waals surface area contributed by atoms with Crippen LogP contribution >= 0.6 is 0 Å². The predicted octanol–water partition coefficient (Wildman–Crippen LogP) is 3.40. The molecule has 5 nitrogen and oxygen atoms in total. The van der Waals surface area contributed by atoms with Crippen LogP contribution in [-0.2, 0) is 5.60 Å². The highest BCUT2D eigenvalue weighted by Gasteiger charge is 2.27. The van der Waals surface area contributed by atoms with Gasteiger partial charge in [-0.1, -0.05) is 13.0 Å². The van der Waals surface area contributed by atoms with Crippen LogP contribution in [0.5, 0.6) is 5.75 Å². The van der Waals surface area contributed by atoms with E-state index >= 15 is 0 Å². The maximum atomic E-state index is 14.0. The molecule has 2 aromatic carbocycles. The van der Waals surface area contributed by atoms with Crippen LogP contribution < -0.4 is 10.3 Å². The topological polar surface area (TPSA) is 82.5 Å². The molecular weight excluding hydrogens is 349 g/mol. The zero-order valence-electron chi connectivity index (χ0n) is 15.2. The van der Waals surface area contributed by atoms with Gasteiger partial charge in [0.1, 0.15) is 23.3 Å². The maximum absolute atomic E-state index is 14.0. The van der Waals surface area contributed by atoms with Crippen LogP contribution in [0.25, 0.3) is 10.9 Å². The van der Waals surface area contributed by atoms with Crippen molar-refractivity contribution in [2.24, 2.45) is 0 Å². The highest BCUT2D eigenvalue weighted by molar-refractivity contribution is 5.79. The molecule has 6 heteroatoms. The Bertz CT molecular complexity index is 1010. The number of ether oxygens (including phenoxy) is 1. The number of aliphatic hydroxyl groups excluding tert-OH is 1. The molecule has 3 N–H and O–H groups in total. The molecule has 0 fully saturated rings. The number of pyridine rings is 1. The third kappa shape index (κ3) is 4.02. The van der Waals surface area contributed by atoms with Gasteiger partial charge in [-0.2, -0.15) is 0 Å². The van der Waals surface area contributed by atoms with E-state index in [9.17, 15) is 19.4 Å². The quantitative estimate of drug-likeness (QED) is 0.620. The molecule has 0 aliphatic heterocycles. The van der Waals surface area contributed by atoms with E-state index in [0.717, 1.165) is 16.5 Å². The number of hydrogen-bond donors (Lipinski definition) is 3. The van der Waals surface area contributed by atoms with Crippen molar-refractivity contribution in [1.29, 1.82) is 0 Å². The summed E-state index contributed by atoms with van der Waals surface area (Å²) in [5, 5.41) is 20.8. The monoisotopic (exact) mass is 371 g/mol. The molecule has 2 unspecified atom stereocenters. The lowest BCUT2D eigenvalue weighted by molar-refractivity contribution is -0.0226. The van der Waals surface area contributed by atoms with Crippen LogP contribution in [-0.4, -0.2) is 21.8 Å². The molecule has 2 atom stereocenters. The van der Waals surface area contributed by atoms with E-state index in [1.807, 2.05) is 19.1 Å². The second-order valence-electron chi connectivity index (χ2n) is 6.65. The van der Waals surface area contributed by atoms with Gasteiger partial charge in [0.05, 0.1) is 6.61 Å². The lowest BCUT2D eigenvalue weighted by Crippen LogP contribution is -2.29. The third-order valence-corrected chi connectivity index (χ3v) is 4.79. The summed E-state index contributed by atoms with van der Waals surface area (Å²) in [6.07, 6.45) is -0.148. The summed E-state index contributed by atoms with van der Waals surface area (Å²) in [4.78, 5) is 14.1. The summed E-state index contributed by atoms with van der Waals surface area (Å²) in [6.45, 7) is 3.03. The van der Waals surface area contributed by atoms with Gasteiger partial charge in [0.15, 0.2) is 0 Å². The summed E-state index contributed by atoms with van der Waals surface area (Å²) < 4.78 is 19.9.